The summed E-state index contributed by atoms with van der Waals surface area (Å²) in [7, 11) is 3.53. The largest absolute Gasteiger partial charge is 0.444 e. The van der Waals surface area contributed by atoms with Crippen molar-refractivity contribution in [1.82, 2.24) is 19.8 Å². The lowest BCUT2D eigenvalue weighted by Gasteiger charge is -2.80. The molecule has 2 aromatic carbocycles. The minimum absolute atomic E-state index is 0.000402. The molecule has 1 spiro atoms. The Labute approximate surface area is 263 Å². The normalized spacial score (nSPS) is 23.0. The van der Waals surface area contributed by atoms with E-state index in [1.807, 2.05) is 25.7 Å². The number of fused-ring (bicyclic) bond motifs is 4. The number of rotatable bonds is 4. The number of aromatic nitrogens is 2. The van der Waals surface area contributed by atoms with Crippen molar-refractivity contribution in [2.45, 2.75) is 70.1 Å². The molecule has 0 N–H and O–H groups in total. The highest BCUT2D eigenvalue weighted by Gasteiger charge is 2.77. The monoisotopic (exact) mass is 627 g/mol. The Kier molecular flexibility index (Phi) is 5.97. The van der Waals surface area contributed by atoms with E-state index in [1.165, 1.54) is 24.8 Å². The van der Waals surface area contributed by atoms with Crippen molar-refractivity contribution >= 4 is 46.0 Å². The van der Waals surface area contributed by atoms with Crippen LogP contribution in [0.1, 0.15) is 50.3 Å². The zero-order chi connectivity index (χ0) is 32.3. The van der Waals surface area contributed by atoms with Crippen molar-refractivity contribution in [2.24, 2.45) is 4.99 Å². The highest BCUT2D eigenvalue weighted by Crippen LogP contribution is 2.62. The van der Waals surface area contributed by atoms with Crippen LogP contribution >= 0.6 is 0 Å². The Morgan fingerprint density at radius 2 is 1.96 bits per heavy atom. The molecule has 1 aliphatic carbocycles. The van der Waals surface area contributed by atoms with Gasteiger partial charge < -0.3 is 23.7 Å². The highest BCUT2D eigenvalue weighted by atomic mass is 19.1. The summed E-state index contributed by atoms with van der Waals surface area (Å²) in [5, 5.41) is 10.8. The number of piperazine rings is 1. The molecule has 13 heteroatoms. The first-order chi connectivity index (χ1) is 22.0. The minimum atomic E-state index is -0.734. The van der Waals surface area contributed by atoms with Gasteiger partial charge in [-0.1, -0.05) is 0 Å². The summed E-state index contributed by atoms with van der Waals surface area (Å²) in [6, 6.07) is 4.71. The van der Waals surface area contributed by atoms with Crippen molar-refractivity contribution in [2.75, 3.05) is 25.5 Å². The summed E-state index contributed by atoms with van der Waals surface area (Å²) in [6.45, 7) is 6.21. The Morgan fingerprint density at radius 3 is 2.63 bits per heavy atom. The van der Waals surface area contributed by atoms with Gasteiger partial charge in [0, 0.05) is 31.8 Å². The second kappa shape index (κ2) is 9.59. The molecule has 3 fully saturated rings. The Balaban J connectivity index is 1.27. The number of halogens is 2. The predicted octanol–water partition coefficient (Wildman–Crippen LogP) is 5.78. The molecule has 3 atom stereocenters. The molecule has 2 aromatic heterocycles. The number of ether oxygens (including phenoxy) is 2. The van der Waals surface area contributed by atoms with Crippen LogP contribution in [0.4, 0.5) is 25.3 Å². The molecule has 1 saturated carbocycles. The molecular weight excluding hydrogens is 596 g/mol. The molecule has 3 unspecified atom stereocenters. The highest BCUT2D eigenvalue weighted by molar-refractivity contribution is 6.06. The number of nitriles is 1. The van der Waals surface area contributed by atoms with Gasteiger partial charge in [0.05, 0.1) is 47.9 Å². The Morgan fingerprint density at radius 1 is 1.17 bits per heavy atom. The van der Waals surface area contributed by atoms with Crippen LogP contribution in [-0.4, -0.2) is 76.1 Å². The average Bonchev–Trinajstić information content (AvgIpc) is 3.59. The zero-order valence-corrected chi connectivity index (χ0v) is 26.0. The number of hydrogen-bond acceptors (Lipinski definition) is 9. The van der Waals surface area contributed by atoms with Crippen LogP contribution in [0, 0.1) is 23.0 Å². The van der Waals surface area contributed by atoms with Gasteiger partial charge in [-0.25, -0.2) is 28.5 Å². The third-order valence-electron chi connectivity index (χ3n) is 9.63. The molecule has 8 rings (SSSR count). The first kappa shape index (κ1) is 28.6. The van der Waals surface area contributed by atoms with Crippen LogP contribution in [0.25, 0.3) is 33.0 Å². The van der Waals surface area contributed by atoms with Crippen molar-refractivity contribution in [3.63, 3.8) is 0 Å². The van der Waals surface area contributed by atoms with E-state index in [0.717, 1.165) is 12.8 Å². The van der Waals surface area contributed by atoms with E-state index in [0.29, 0.717) is 28.9 Å². The van der Waals surface area contributed by atoms with Crippen molar-refractivity contribution in [3.8, 4) is 17.2 Å². The zero-order valence-electron chi connectivity index (χ0n) is 26.0. The summed E-state index contributed by atoms with van der Waals surface area (Å²) in [5.74, 6) is -0.874. The predicted molar refractivity (Wildman–Crippen MR) is 165 cm³/mol. The number of likely N-dealkylation sites (tertiary alicyclic amines) is 1. The number of aliphatic imine (C=N–C) groups is 1. The molecule has 4 aliphatic rings. The van der Waals surface area contributed by atoms with Crippen LogP contribution < -0.4 is 4.90 Å². The topological polar surface area (TPSA) is 120 Å². The molecule has 236 valence electrons. The quantitative estimate of drug-likeness (QED) is 0.205. The lowest BCUT2D eigenvalue weighted by Crippen LogP contribution is -2.97. The van der Waals surface area contributed by atoms with Gasteiger partial charge in [0.2, 0.25) is 5.88 Å². The number of benzene rings is 2. The number of carbonyl (C=O) groups is 1. The standard InChI is InChI=1S/C33H31F2N7O4/c1-32(2,3)46-31(43)41-11-22-33(41)9-8-21(33)42(22)29-25-18-13-44-12-17(18)24(27(35)28(25)37-14-38-29)26-19(34)6-7-20-23(26)16(10-36)30(45-20)39-15-40(4)5/h6-7,14-15,21-22H,8-9,11-13H2,1-5H3/b39-15+. The maximum atomic E-state index is 16.9. The summed E-state index contributed by atoms with van der Waals surface area (Å²) in [5.41, 5.74) is 0.345. The van der Waals surface area contributed by atoms with Gasteiger partial charge >= 0.3 is 6.09 Å². The van der Waals surface area contributed by atoms with Gasteiger partial charge in [0.25, 0.3) is 0 Å². The van der Waals surface area contributed by atoms with E-state index in [1.54, 1.807) is 19.0 Å². The van der Waals surface area contributed by atoms with E-state index in [2.05, 4.69) is 25.9 Å². The van der Waals surface area contributed by atoms with Gasteiger partial charge in [-0.2, -0.15) is 5.26 Å². The van der Waals surface area contributed by atoms with Crippen molar-refractivity contribution in [1.29, 1.82) is 5.26 Å². The Hall–Kier alpha value is -4.83. The van der Waals surface area contributed by atoms with E-state index in [-0.39, 0.29) is 76.0 Å². The maximum absolute atomic E-state index is 16.9. The third-order valence-corrected chi connectivity index (χ3v) is 9.63. The van der Waals surface area contributed by atoms with Gasteiger partial charge in [-0.3, -0.25) is 4.90 Å². The second-order valence-corrected chi connectivity index (χ2v) is 13.5. The molecule has 4 aromatic rings. The summed E-state index contributed by atoms with van der Waals surface area (Å²) < 4.78 is 50.2. The fourth-order valence-corrected chi connectivity index (χ4v) is 7.71. The lowest BCUT2D eigenvalue weighted by atomic mass is 9.52. The Bertz CT molecular complexity index is 2060. The molecule has 0 radical (unpaired) electrons. The first-order valence-electron chi connectivity index (χ1n) is 15.2. The van der Waals surface area contributed by atoms with Gasteiger partial charge in [-0.15, -0.1) is 0 Å². The number of amides is 1. The lowest BCUT2D eigenvalue weighted by molar-refractivity contribution is -0.166. The molecule has 11 nitrogen and oxygen atoms in total. The molecular formula is C33H31F2N7O4. The fraction of sp³-hybridized carbons (Fsp3) is 0.424. The molecule has 0 bridgehead atoms. The summed E-state index contributed by atoms with van der Waals surface area (Å²) >= 11 is 0. The minimum Gasteiger partial charge on any atom is -0.444 e. The van der Waals surface area contributed by atoms with Gasteiger partial charge in [-0.05, 0) is 56.9 Å². The number of carbonyl (C=O) groups excluding carboxylic acids is 1. The first-order valence-corrected chi connectivity index (χ1v) is 15.2. The van der Waals surface area contributed by atoms with Crippen molar-refractivity contribution < 1.29 is 27.5 Å². The molecule has 3 aliphatic heterocycles. The van der Waals surface area contributed by atoms with Crippen molar-refractivity contribution in [3.05, 3.63) is 46.8 Å². The van der Waals surface area contributed by atoms with Gasteiger partial charge in [0.1, 0.15) is 46.3 Å². The van der Waals surface area contributed by atoms with E-state index in [4.69, 9.17) is 13.9 Å². The summed E-state index contributed by atoms with van der Waals surface area (Å²) in [4.78, 5) is 31.9. The molecule has 1 amide bonds. The average molecular weight is 628 g/mol. The third kappa shape index (κ3) is 3.70. The number of furan rings is 1. The fourth-order valence-electron chi connectivity index (χ4n) is 7.71. The van der Waals surface area contributed by atoms with Crippen LogP contribution in [0.15, 0.2) is 27.9 Å². The SMILES string of the molecule is CN(C)/C=N/c1oc2ccc(F)c(-c3c4c(c5c(N6C7CCC78C6CN8C(=O)OC(C)(C)C)ncnc5c3F)COC4)c2c1C#N. The number of hydrogen-bond donors (Lipinski definition) is 0. The van der Waals surface area contributed by atoms with E-state index in [9.17, 15) is 10.1 Å². The number of nitrogens with zero attached hydrogens (tertiary/aromatic N) is 7. The number of piperidine rings is 1. The van der Waals surface area contributed by atoms with Gasteiger partial charge in [0.15, 0.2) is 5.82 Å². The van der Waals surface area contributed by atoms with Crippen LogP contribution in [0.2, 0.25) is 0 Å². The smallest absolute Gasteiger partial charge is 0.410 e. The van der Waals surface area contributed by atoms with E-state index < -0.39 is 17.2 Å². The van der Waals surface area contributed by atoms with E-state index >= 15 is 8.78 Å². The second-order valence-electron chi connectivity index (χ2n) is 13.5. The molecule has 2 saturated heterocycles. The van der Waals surface area contributed by atoms with Crippen LogP contribution in [0.3, 0.4) is 0 Å². The summed E-state index contributed by atoms with van der Waals surface area (Å²) in [6.07, 6.45) is 4.17. The molecule has 46 heavy (non-hydrogen) atoms. The number of anilines is 1. The molecule has 5 heterocycles. The maximum Gasteiger partial charge on any atom is 0.410 e. The van der Waals surface area contributed by atoms with Crippen LogP contribution in [-0.2, 0) is 22.7 Å². The van der Waals surface area contributed by atoms with Crippen LogP contribution in [0.5, 0.6) is 0 Å².